The van der Waals surface area contributed by atoms with E-state index >= 15 is 0 Å². The summed E-state index contributed by atoms with van der Waals surface area (Å²) in [6, 6.07) is -7.34. The van der Waals surface area contributed by atoms with Crippen molar-refractivity contribution in [3.63, 3.8) is 0 Å². The Morgan fingerprint density at radius 3 is 1.21 bits per heavy atom. The number of amides is 4. The van der Waals surface area contributed by atoms with Gasteiger partial charge in [0.15, 0.2) is 31.5 Å². The predicted molar refractivity (Wildman–Crippen MR) is 311 cm³/mol. The van der Waals surface area contributed by atoms with E-state index < -0.39 is 314 Å². The zero-order valence-electron chi connectivity index (χ0n) is 54.5. The Balaban J connectivity index is 1.20. The number of nitrogens with one attached hydrogen (secondary N) is 4. The molecule has 0 aromatic carbocycles. The molecular weight excluding hydrogens is 1380 g/mol. The van der Waals surface area contributed by atoms with Gasteiger partial charge in [0.2, 0.25) is 23.6 Å². The molecule has 101 heavy (non-hydrogen) atoms. The van der Waals surface area contributed by atoms with Crippen molar-refractivity contribution in [2.24, 2.45) is 0 Å². The summed E-state index contributed by atoms with van der Waals surface area (Å²) in [4.78, 5) is 76.9. The van der Waals surface area contributed by atoms with Crippen molar-refractivity contribution in [3.05, 3.63) is 0 Å². The Labute approximate surface area is 571 Å². The molecule has 0 aliphatic carbocycles. The van der Waals surface area contributed by atoms with Crippen LogP contribution in [0.2, 0.25) is 0 Å². The molecule has 45 heteroatoms. The van der Waals surface area contributed by atoms with Gasteiger partial charge in [-0.3, -0.25) is 19.2 Å². The minimum atomic E-state index is -3.30. The van der Waals surface area contributed by atoms with Crippen molar-refractivity contribution in [2.75, 3.05) is 39.6 Å². The van der Waals surface area contributed by atoms with E-state index in [0.29, 0.717) is 0 Å². The molecule has 26 N–H and O–H groups in total. The minimum Gasteiger partial charge on any atom is -0.477 e. The maximum atomic E-state index is 13.3. The molecule has 0 aromatic rings. The first-order chi connectivity index (χ1) is 47.3. The normalized spacial score (nSPS) is 44.9. The zero-order valence-corrected chi connectivity index (χ0v) is 54.5. The second kappa shape index (κ2) is 35.3. The van der Waals surface area contributed by atoms with Crippen molar-refractivity contribution < 1.29 is 203 Å². The van der Waals surface area contributed by atoms with Crippen LogP contribution in [0.1, 0.15) is 47.5 Å². The summed E-state index contributed by atoms with van der Waals surface area (Å²) < 4.78 is 76.3. The van der Waals surface area contributed by atoms with Crippen LogP contribution in [0.25, 0.3) is 0 Å². The molecule has 0 unspecified atom stereocenters. The zero-order chi connectivity index (χ0) is 75.3. The van der Waals surface area contributed by atoms with Crippen LogP contribution < -0.4 is 21.3 Å². The van der Waals surface area contributed by atoms with Gasteiger partial charge < -0.3 is 195 Å². The Hall–Kier alpha value is -4.50. The van der Waals surface area contributed by atoms with Gasteiger partial charge in [-0.25, -0.2) is 9.59 Å². The highest BCUT2D eigenvalue weighted by atomic mass is 16.8. The molecule has 7 fully saturated rings. The second-order valence-electron chi connectivity index (χ2n) is 25.4. The van der Waals surface area contributed by atoms with E-state index in [1.165, 1.54) is 6.92 Å². The van der Waals surface area contributed by atoms with E-state index in [4.69, 9.17) is 61.6 Å². The number of aliphatic carboxylic acids is 2. The monoisotopic (exact) mass is 1480 g/mol. The first-order valence-electron chi connectivity index (χ1n) is 31.7. The Morgan fingerprint density at radius 1 is 0.426 bits per heavy atom. The molecular formula is C56H92N4O41. The van der Waals surface area contributed by atoms with E-state index in [0.717, 1.165) is 27.7 Å². The smallest absolute Gasteiger partial charge is 0.364 e. The fourth-order valence-corrected chi connectivity index (χ4v) is 12.9. The molecule has 582 valence electrons. The molecule has 0 bridgehead atoms. The summed E-state index contributed by atoms with van der Waals surface area (Å²) in [5, 5.41) is 251. The van der Waals surface area contributed by atoms with Gasteiger partial charge in [-0.05, 0) is 6.92 Å². The summed E-state index contributed by atoms with van der Waals surface area (Å²) in [6.45, 7) is -2.13. The first-order valence-corrected chi connectivity index (χ1v) is 31.7. The van der Waals surface area contributed by atoms with Gasteiger partial charge in [-0.15, -0.1) is 0 Å². The van der Waals surface area contributed by atoms with Crippen molar-refractivity contribution in [1.82, 2.24) is 21.3 Å². The molecule has 0 aromatic heterocycles. The quantitative estimate of drug-likeness (QED) is 0.0346. The van der Waals surface area contributed by atoms with E-state index in [9.17, 15) is 141 Å². The predicted octanol–water partition coefficient (Wildman–Crippen LogP) is -16.3. The van der Waals surface area contributed by atoms with Crippen LogP contribution >= 0.6 is 0 Å². The topological polar surface area (TPSA) is 716 Å². The van der Waals surface area contributed by atoms with Gasteiger partial charge in [0.25, 0.3) is 11.6 Å². The third kappa shape index (κ3) is 18.5. The minimum absolute atomic E-state index is 0.864. The summed E-state index contributed by atoms with van der Waals surface area (Å²) in [7, 11) is 0. The van der Waals surface area contributed by atoms with Crippen LogP contribution in [0.4, 0.5) is 0 Å². The van der Waals surface area contributed by atoms with Crippen LogP contribution in [0.15, 0.2) is 0 Å². The Morgan fingerprint density at radius 2 is 0.802 bits per heavy atom. The number of ether oxygens (including phenoxy) is 13. The summed E-state index contributed by atoms with van der Waals surface area (Å²) in [5.74, 6) is -14.5. The molecule has 0 saturated carbocycles. The lowest BCUT2D eigenvalue weighted by Crippen LogP contribution is -2.72. The molecule has 7 aliphatic heterocycles. The van der Waals surface area contributed by atoms with Gasteiger partial charge in [-0.2, -0.15) is 0 Å². The van der Waals surface area contributed by atoms with Gasteiger partial charge in [0.05, 0.1) is 70.0 Å². The molecule has 0 radical (unpaired) electrons. The molecule has 7 heterocycles. The highest BCUT2D eigenvalue weighted by Crippen LogP contribution is 2.42. The molecule has 0 spiro atoms. The average molecular weight is 1480 g/mol. The second-order valence-corrected chi connectivity index (χ2v) is 25.4. The van der Waals surface area contributed by atoms with Gasteiger partial charge >= 0.3 is 11.9 Å². The van der Waals surface area contributed by atoms with Crippen LogP contribution in [0.5, 0.6) is 0 Å². The van der Waals surface area contributed by atoms with E-state index in [1.54, 1.807) is 0 Å². The lowest BCUT2D eigenvalue weighted by atomic mass is 9.88. The van der Waals surface area contributed by atoms with Gasteiger partial charge in [0.1, 0.15) is 152 Å². The molecule has 45 nitrogen and oxygen atoms in total. The number of hydrogen-bond donors (Lipinski definition) is 26. The first kappa shape index (κ1) is 83.8. The molecule has 7 aliphatic rings. The standard InChI is InChI=1S/C56H92N4O41/c1-14-31(74)37(80)38(81)50(90-14)97-45-30(60-18(5)69)49(94-25(12-65)41(45)95-51-39(82)46(34(77)23(10-63)92-51)100-55(53(85)86)6-19(70)27(57-15(2)66)43(98-55)32(75)21(72)8-61)89-13-26-36(79)42(29(48(84)91-26)59-17(4)68)96-52-40(83)47(35(78)24(11-64)93-52)101-56(54(87)88)7-20(71)28(58-16(3)67)44(99-56)33(76)22(73)9-62/h14,19-52,61-65,70-84H,6-13H2,1-5H3,(H,57,66)(H,58,67)(H,59,68)(H,60,69)(H,85,86)(H,87,88)/t14-,19+,20+,21-,22-,23-,24-,25-,26+,27-,28-,29+,30-,31+,32-,33-,34-,35+,36-,37+,38-,39+,40-,41-,42-,43-,44-,45-,46+,47+,48-,49-,50+,51+,52+,55+,56+/m1/s1. The van der Waals surface area contributed by atoms with Crippen molar-refractivity contribution in [3.8, 4) is 0 Å². The molecule has 7 rings (SSSR count). The number of carboxylic acid groups (broad SMARTS) is 2. The summed E-state index contributed by atoms with van der Waals surface area (Å²) in [6.07, 6.45) is -69.4. The number of carboxylic acids is 2. The largest absolute Gasteiger partial charge is 0.477 e. The highest BCUT2D eigenvalue weighted by Gasteiger charge is 2.64. The maximum Gasteiger partial charge on any atom is 0.364 e. The van der Waals surface area contributed by atoms with E-state index in [1.807, 2.05) is 0 Å². The Bertz CT molecular complexity index is 2760. The van der Waals surface area contributed by atoms with Gasteiger partial charge in [-0.1, -0.05) is 0 Å². The highest BCUT2D eigenvalue weighted by molar-refractivity contribution is 5.78. The number of rotatable bonds is 28. The lowest BCUT2D eigenvalue weighted by Gasteiger charge is -2.52. The number of carbonyl (C=O) groups excluding carboxylic acids is 4. The summed E-state index contributed by atoms with van der Waals surface area (Å²) >= 11 is 0. The third-order valence-electron chi connectivity index (χ3n) is 18.0. The fourth-order valence-electron chi connectivity index (χ4n) is 12.9. The van der Waals surface area contributed by atoms with Crippen LogP contribution in [-0.4, -0.2) is 413 Å². The van der Waals surface area contributed by atoms with Crippen molar-refractivity contribution in [1.29, 1.82) is 0 Å². The summed E-state index contributed by atoms with van der Waals surface area (Å²) in [5.41, 5.74) is 0. The number of aliphatic hydroxyl groups is 20. The Kier molecular flexibility index (Phi) is 29.3. The number of hydrogen-bond acceptors (Lipinski definition) is 39. The number of carbonyl (C=O) groups is 6. The fraction of sp³-hybridized carbons (Fsp3) is 0.893. The molecule has 7 saturated heterocycles. The van der Waals surface area contributed by atoms with E-state index in [2.05, 4.69) is 21.3 Å². The van der Waals surface area contributed by atoms with Crippen LogP contribution in [-0.2, 0) is 90.3 Å². The van der Waals surface area contributed by atoms with Crippen LogP contribution in [0, 0.1) is 0 Å². The number of aliphatic hydroxyl groups excluding tert-OH is 20. The average Bonchev–Trinajstić information content (AvgIpc) is 0.759. The van der Waals surface area contributed by atoms with Crippen molar-refractivity contribution >= 4 is 35.6 Å². The lowest BCUT2D eigenvalue weighted by molar-refractivity contribution is -0.392. The van der Waals surface area contributed by atoms with Crippen LogP contribution in [0.3, 0.4) is 0 Å². The van der Waals surface area contributed by atoms with Crippen molar-refractivity contribution in [2.45, 2.75) is 273 Å². The molecule has 4 amide bonds. The van der Waals surface area contributed by atoms with Gasteiger partial charge in [0, 0.05) is 40.5 Å². The SMILES string of the molecule is CC(=O)N[C@H]1[C@H](OC[C@@H]2O[C@@H](O)[C@@H](NC(C)=O)[C@@H](O[C@@H]3O[C@H](CO)[C@H](O)[C@H](O[C@]4(C(=O)O)C[C@H](O)[C@@H](NC(C)=O)[C@H]([C@H](O)[C@H](O)CO)O4)[C@H]3O)[C@@H]2O)O[C@H](CO)[C@@H](O[C@@H]2O[C@H](CO)[C@@H](O)[C@H](O[C@]3(C(=O)O)C[C@H](O)[C@@H](NC(C)=O)[C@H]([C@H](O)[C@H](O)CO)O3)[C@@H]2O)[C@@H]1O[C@@H]1O[C@H](C)[C@H](O)[C@H](O)[C@H]1O. The third-order valence-corrected chi connectivity index (χ3v) is 18.0. The molecule has 37 atom stereocenters. The van der Waals surface area contributed by atoms with E-state index in [-0.39, 0.29) is 0 Å². The maximum absolute atomic E-state index is 13.3.